The largest absolute Gasteiger partial charge is 0.356 e. The first-order valence-corrected chi connectivity index (χ1v) is 7.64. The third-order valence-corrected chi connectivity index (χ3v) is 3.79. The van der Waals surface area contributed by atoms with E-state index in [1.54, 1.807) is 0 Å². The normalized spacial score (nSPS) is 11.7. The van der Waals surface area contributed by atoms with Crippen molar-refractivity contribution in [2.75, 3.05) is 5.32 Å². The van der Waals surface area contributed by atoms with Gasteiger partial charge in [0, 0.05) is 11.4 Å². The Kier molecular flexibility index (Phi) is 5.70. The molecule has 0 bridgehead atoms. The molecule has 0 fully saturated rings. The first-order chi connectivity index (χ1) is 9.66. The van der Waals surface area contributed by atoms with Crippen molar-refractivity contribution in [2.24, 2.45) is 0 Å². The third-order valence-electron chi connectivity index (χ3n) is 3.79. The predicted molar refractivity (Wildman–Crippen MR) is 101 cm³/mol. The number of nitrogens with one attached hydrogen (secondary N) is 1. The zero-order valence-electron chi connectivity index (χ0n) is 14.5. The monoisotopic (exact) mass is 317 g/mol. The lowest BCUT2D eigenvalue weighted by Gasteiger charge is -2.20. The van der Waals surface area contributed by atoms with Crippen LogP contribution in [0.1, 0.15) is 52.7 Å². The molecule has 1 N–H and O–H groups in total. The first-order valence-electron chi connectivity index (χ1n) is 7.64. The van der Waals surface area contributed by atoms with Crippen molar-refractivity contribution in [3.8, 4) is 0 Å². The van der Waals surface area contributed by atoms with E-state index in [2.05, 4.69) is 95.4 Å². The molecule has 0 saturated carbocycles. The van der Waals surface area contributed by atoms with Gasteiger partial charge in [-0.15, -0.1) is 12.4 Å². The Morgan fingerprint density at radius 3 is 1.05 bits per heavy atom. The van der Waals surface area contributed by atoms with E-state index < -0.39 is 0 Å². The van der Waals surface area contributed by atoms with Gasteiger partial charge in [-0.05, 0) is 46.2 Å². The maximum absolute atomic E-state index is 3.46. The summed E-state index contributed by atoms with van der Waals surface area (Å²) < 4.78 is 0. The van der Waals surface area contributed by atoms with E-state index in [0.717, 1.165) is 11.4 Å². The highest BCUT2D eigenvalue weighted by Crippen LogP contribution is 2.27. The Bertz CT molecular complexity index is 528. The number of hydrogen-bond acceptors (Lipinski definition) is 1. The molecule has 0 amide bonds. The molecule has 0 spiro atoms. The van der Waals surface area contributed by atoms with Gasteiger partial charge in [-0.1, -0.05) is 65.8 Å². The van der Waals surface area contributed by atoms with Crippen LogP contribution in [0.2, 0.25) is 0 Å². The van der Waals surface area contributed by atoms with Crippen molar-refractivity contribution >= 4 is 23.8 Å². The van der Waals surface area contributed by atoms with Crippen LogP contribution in [0.3, 0.4) is 0 Å². The van der Waals surface area contributed by atoms with E-state index in [-0.39, 0.29) is 23.2 Å². The van der Waals surface area contributed by atoms with E-state index in [0.29, 0.717) is 0 Å². The lowest BCUT2D eigenvalue weighted by atomic mass is 9.87. The highest BCUT2D eigenvalue weighted by atomic mass is 35.5. The number of rotatable bonds is 2. The molecule has 2 rings (SSSR count). The maximum Gasteiger partial charge on any atom is 0.0384 e. The van der Waals surface area contributed by atoms with Gasteiger partial charge < -0.3 is 5.32 Å². The minimum Gasteiger partial charge on any atom is -0.356 e. The Hall–Kier alpha value is -1.47. The zero-order valence-corrected chi connectivity index (χ0v) is 15.3. The van der Waals surface area contributed by atoms with Crippen LogP contribution in [0.5, 0.6) is 0 Å². The minimum absolute atomic E-state index is 0. The smallest absolute Gasteiger partial charge is 0.0384 e. The van der Waals surface area contributed by atoms with Crippen LogP contribution in [-0.2, 0) is 10.8 Å². The Morgan fingerprint density at radius 1 is 0.545 bits per heavy atom. The van der Waals surface area contributed by atoms with Crippen molar-refractivity contribution in [2.45, 2.75) is 52.4 Å². The van der Waals surface area contributed by atoms with Crippen LogP contribution in [0.25, 0.3) is 0 Å². The summed E-state index contributed by atoms with van der Waals surface area (Å²) >= 11 is 0. The molecule has 0 saturated heterocycles. The van der Waals surface area contributed by atoms with Crippen LogP contribution in [0.15, 0.2) is 48.5 Å². The van der Waals surface area contributed by atoms with Crippen LogP contribution < -0.4 is 5.32 Å². The highest BCUT2D eigenvalue weighted by molar-refractivity contribution is 5.85. The Balaban J connectivity index is 0.00000242. The molecule has 0 radical (unpaired) electrons. The van der Waals surface area contributed by atoms with Gasteiger partial charge in [0.15, 0.2) is 0 Å². The van der Waals surface area contributed by atoms with E-state index in [4.69, 9.17) is 0 Å². The zero-order chi connectivity index (χ0) is 15.7. The van der Waals surface area contributed by atoms with Gasteiger partial charge in [-0.3, -0.25) is 0 Å². The highest BCUT2D eigenvalue weighted by Gasteiger charge is 2.14. The lowest BCUT2D eigenvalue weighted by molar-refractivity contribution is 0.590. The summed E-state index contributed by atoms with van der Waals surface area (Å²) in [6.07, 6.45) is 0. The molecular weight excluding hydrogens is 290 g/mol. The molecule has 0 aromatic heterocycles. The fourth-order valence-corrected chi connectivity index (χ4v) is 2.27. The molecule has 22 heavy (non-hydrogen) atoms. The summed E-state index contributed by atoms with van der Waals surface area (Å²) in [7, 11) is 0. The fourth-order valence-electron chi connectivity index (χ4n) is 2.27. The van der Waals surface area contributed by atoms with Gasteiger partial charge in [0.05, 0.1) is 0 Å². The summed E-state index contributed by atoms with van der Waals surface area (Å²) in [6, 6.07) is 17.4. The summed E-state index contributed by atoms with van der Waals surface area (Å²) in [5, 5.41) is 3.46. The molecule has 120 valence electrons. The summed E-state index contributed by atoms with van der Waals surface area (Å²) in [6.45, 7) is 13.4. The predicted octanol–water partition coefficient (Wildman–Crippen LogP) is 6.45. The average molecular weight is 318 g/mol. The summed E-state index contributed by atoms with van der Waals surface area (Å²) in [4.78, 5) is 0. The van der Waals surface area contributed by atoms with Gasteiger partial charge in [-0.2, -0.15) is 0 Å². The summed E-state index contributed by atoms with van der Waals surface area (Å²) in [5.74, 6) is 0. The van der Waals surface area contributed by atoms with E-state index >= 15 is 0 Å². The van der Waals surface area contributed by atoms with Crippen molar-refractivity contribution in [1.29, 1.82) is 0 Å². The van der Waals surface area contributed by atoms with Crippen LogP contribution >= 0.6 is 12.4 Å². The second-order valence-electron chi connectivity index (χ2n) is 7.78. The molecule has 2 heteroatoms. The molecule has 0 unspecified atom stereocenters. The first kappa shape index (κ1) is 18.6. The topological polar surface area (TPSA) is 12.0 Å². The minimum atomic E-state index is 0. The molecule has 2 aromatic carbocycles. The quantitative estimate of drug-likeness (QED) is 0.671. The fraction of sp³-hybridized carbons (Fsp3) is 0.400. The molecule has 1 nitrogen and oxygen atoms in total. The Morgan fingerprint density at radius 2 is 0.818 bits per heavy atom. The van der Waals surface area contributed by atoms with Crippen LogP contribution in [0, 0.1) is 0 Å². The second-order valence-corrected chi connectivity index (χ2v) is 7.78. The second kappa shape index (κ2) is 6.75. The van der Waals surface area contributed by atoms with Crippen LogP contribution in [-0.4, -0.2) is 0 Å². The number of halogens is 1. The molecule has 0 heterocycles. The van der Waals surface area contributed by atoms with Crippen molar-refractivity contribution < 1.29 is 0 Å². The van der Waals surface area contributed by atoms with Crippen molar-refractivity contribution in [1.82, 2.24) is 0 Å². The lowest BCUT2D eigenvalue weighted by Crippen LogP contribution is -2.11. The van der Waals surface area contributed by atoms with Crippen molar-refractivity contribution in [3.63, 3.8) is 0 Å². The average Bonchev–Trinajstić information content (AvgIpc) is 2.38. The van der Waals surface area contributed by atoms with Crippen molar-refractivity contribution in [3.05, 3.63) is 59.7 Å². The summed E-state index contributed by atoms with van der Waals surface area (Å²) in [5.41, 5.74) is 5.38. The molecule has 0 aliphatic carbocycles. The van der Waals surface area contributed by atoms with Gasteiger partial charge in [0.25, 0.3) is 0 Å². The molecule has 0 aliphatic rings. The van der Waals surface area contributed by atoms with E-state index in [9.17, 15) is 0 Å². The third kappa shape index (κ3) is 4.78. The molecule has 0 atom stereocenters. The van der Waals surface area contributed by atoms with Gasteiger partial charge in [0.1, 0.15) is 0 Å². The number of hydrogen-bond donors (Lipinski definition) is 1. The standard InChI is InChI=1S/C20H27N.ClH/c1-19(2,3)15-7-11-17(12-8-15)21-18-13-9-16(10-14-18)20(4,5)6;/h7-14,21H,1-6H3;1H. The Labute approximate surface area is 141 Å². The maximum atomic E-state index is 3.46. The van der Waals surface area contributed by atoms with E-state index in [1.165, 1.54) is 11.1 Å². The number of anilines is 2. The van der Waals surface area contributed by atoms with Crippen LogP contribution in [0.4, 0.5) is 11.4 Å². The molecule has 0 aliphatic heterocycles. The van der Waals surface area contributed by atoms with Gasteiger partial charge in [-0.25, -0.2) is 0 Å². The number of benzene rings is 2. The molecule has 2 aromatic rings. The van der Waals surface area contributed by atoms with Gasteiger partial charge >= 0.3 is 0 Å². The SMILES string of the molecule is CC(C)(C)c1ccc(Nc2ccc(C(C)(C)C)cc2)cc1.Cl. The van der Waals surface area contributed by atoms with Gasteiger partial charge in [0.2, 0.25) is 0 Å². The van der Waals surface area contributed by atoms with E-state index in [1.807, 2.05) is 0 Å². The molecular formula is C20H28ClN.